The standard InChI is InChI=1S/C18H19FN4O3.ClH/c19-16-7-13(23-9-14(10-24)26-18(23)25)5-6-15(16)12-3-1-11(2-4-12)8-22-17(20)21;/h1-7,14,24H,8-10H2,(H4,20,21,22);1H/t14-;/m1./s1. The summed E-state index contributed by atoms with van der Waals surface area (Å²) in [4.78, 5) is 17.0. The number of ether oxygens (including phenoxy) is 1. The molecule has 1 amide bonds. The van der Waals surface area contributed by atoms with E-state index in [0.29, 0.717) is 23.4 Å². The van der Waals surface area contributed by atoms with E-state index >= 15 is 0 Å². The third kappa shape index (κ3) is 4.66. The van der Waals surface area contributed by atoms with Crippen molar-refractivity contribution >= 4 is 30.1 Å². The maximum atomic E-state index is 14.6. The first kappa shape index (κ1) is 20.5. The molecule has 1 aliphatic heterocycles. The van der Waals surface area contributed by atoms with Crippen molar-refractivity contribution in [3.8, 4) is 11.1 Å². The number of carbonyl (C=O) groups is 1. The number of aliphatic imine (C=N–C) groups is 1. The average molecular weight is 395 g/mol. The van der Waals surface area contributed by atoms with Crippen LogP contribution in [-0.2, 0) is 11.3 Å². The molecule has 7 nitrogen and oxygen atoms in total. The molecule has 0 saturated carbocycles. The number of nitrogens with zero attached hydrogens (tertiary/aromatic N) is 2. The monoisotopic (exact) mass is 394 g/mol. The predicted octanol–water partition coefficient (Wildman–Crippen LogP) is 2.01. The second-order valence-corrected chi connectivity index (χ2v) is 5.90. The first-order chi connectivity index (χ1) is 12.5. The summed E-state index contributed by atoms with van der Waals surface area (Å²) in [6, 6.07) is 11.7. The van der Waals surface area contributed by atoms with E-state index in [-0.39, 0.29) is 31.5 Å². The van der Waals surface area contributed by atoms with Crippen molar-refractivity contribution in [1.82, 2.24) is 0 Å². The Morgan fingerprint density at radius 3 is 2.52 bits per heavy atom. The summed E-state index contributed by atoms with van der Waals surface area (Å²) in [5.74, 6) is -0.445. The molecule has 2 aromatic carbocycles. The number of aliphatic hydroxyl groups excluding tert-OH is 1. The van der Waals surface area contributed by atoms with Crippen LogP contribution in [0.5, 0.6) is 0 Å². The number of hydrogen-bond donors (Lipinski definition) is 3. The maximum absolute atomic E-state index is 14.6. The van der Waals surface area contributed by atoms with E-state index in [0.717, 1.165) is 5.56 Å². The molecule has 144 valence electrons. The lowest BCUT2D eigenvalue weighted by atomic mass is 10.0. The number of aliphatic hydroxyl groups is 1. The van der Waals surface area contributed by atoms with E-state index in [9.17, 15) is 9.18 Å². The SMILES string of the molecule is Cl.NC(N)=NCc1ccc(-c2ccc(N3C[C@H](CO)OC3=O)cc2F)cc1. The van der Waals surface area contributed by atoms with Crippen LogP contribution in [0.2, 0.25) is 0 Å². The third-order valence-corrected chi connectivity index (χ3v) is 4.05. The summed E-state index contributed by atoms with van der Waals surface area (Å²) in [5.41, 5.74) is 13.0. The molecular weight excluding hydrogens is 375 g/mol. The van der Waals surface area contributed by atoms with Gasteiger partial charge in [-0.05, 0) is 29.3 Å². The van der Waals surface area contributed by atoms with Gasteiger partial charge in [0.2, 0.25) is 0 Å². The molecular formula is C18H20ClFN4O3. The largest absolute Gasteiger partial charge is 0.441 e. The zero-order chi connectivity index (χ0) is 18.7. The first-order valence-electron chi connectivity index (χ1n) is 8.01. The minimum atomic E-state index is -0.597. The highest BCUT2D eigenvalue weighted by Crippen LogP contribution is 2.29. The molecule has 1 saturated heterocycles. The number of cyclic esters (lactones) is 1. The molecule has 1 heterocycles. The average Bonchev–Trinajstić information content (AvgIpc) is 3.01. The summed E-state index contributed by atoms with van der Waals surface area (Å²) in [5, 5.41) is 9.09. The Hall–Kier alpha value is -2.84. The van der Waals surface area contributed by atoms with Gasteiger partial charge in [0, 0.05) is 5.56 Å². The first-order valence-corrected chi connectivity index (χ1v) is 8.01. The third-order valence-electron chi connectivity index (χ3n) is 4.05. The van der Waals surface area contributed by atoms with E-state index in [1.165, 1.54) is 11.0 Å². The van der Waals surface area contributed by atoms with Crippen molar-refractivity contribution in [3.63, 3.8) is 0 Å². The number of guanidine groups is 1. The number of anilines is 1. The van der Waals surface area contributed by atoms with Gasteiger partial charge in [-0.25, -0.2) is 14.2 Å². The van der Waals surface area contributed by atoms with Crippen LogP contribution >= 0.6 is 12.4 Å². The molecule has 0 radical (unpaired) electrons. The highest BCUT2D eigenvalue weighted by Gasteiger charge is 2.32. The van der Waals surface area contributed by atoms with Gasteiger partial charge in [0.1, 0.15) is 11.9 Å². The second-order valence-electron chi connectivity index (χ2n) is 5.90. The molecule has 2 aromatic rings. The number of benzene rings is 2. The van der Waals surface area contributed by atoms with Gasteiger partial charge in [-0.1, -0.05) is 24.3 Å². The van der Waals surface area contributed by atoms with Crippen LogP contribution in [0.3, 0.4) is 0 Å². The van der Waals surface area contributed by atoms with Gasteiger partial charge in [-0.2, -0.15) is 0 Å². The van der Waals surface area contributed by atoms with E-state index < -0.39 is 18.0 Å². The highest BCUT2D eigenvalue weighted by atomic mass is 35.5. The molecule has 9 heteroatoms. The Kier molecular flexibility index (Phi) is 6.59. The highest BCUT2D eigenvalue weighted by molar-refractivity contribution is 5.90. The second kappa shape index (κ2) is 8.70. The summed E-state index contributed by atoms with van der Waals surface area (Å²) in [7, 11) is 0. The van der Waals surface area contributed by atoms with Crippen molar-refractivity contribution < 1.29 is 19.0 Å². The van der Waals surface area contributed by atoms with Crippen molar-refractivity contribution in [2.45, 2.75) is 12.6 Å². The lowest BCUT2D eigenvalue weighted by Gasteiger charge is -2.14. The molecule has 1 aliphatic rings. The van der Waals surface area contributed by atoms with Gasteiger partial charge in [-0.3, -0.25) is 4.90 Å². The smallest absolute Gasteiger partial charge is 0.414 e. The Morgan fingerprint density at radius 2 is 1.96 bits per heavy atom. The number of amides is 1. The van der Waals surface area contributed by atoms with E-state index in [4.69, 9.17) is 21.3 Å². The molecule has 27 heavy (non-hydrogen) atoms. The fourth-order valence-electron chi connectivity index (χ4n) is 2.71. The van der Waals surface area contributed by atoms with Crippen LogP contribution in [0.1, 0.15) is 5.56 Å². The van der Waals surface area contributed by atoms with Gasteiger partial charge in [0.15, 0.2) is 5.96 Å². The Morgan fingerprint density at radius 1 is 1.26 bits per heavy atom. The van der Waals surface area contributed by atoms with Crippen LogP contribution in [0.4, 0.5) is 14.9 Å². The zero-order valence-electron chi connectivity index (χ0n) is 14.3. The Labute approximate surface area is 161 Å². The van der Waals surface area contributed by atoms with Crippen LogP contribution in [-0.4, -0.2) is 36.4 Å². The summed E-state index contributed by atoms with van der Waals surface area (Å²) < 4.78 is 19.5. The molecule has 1 atom stereocenters. The number of hydrogen-bond acceptors (Lipinski definition) is 4. The summed E-state index contributed by atoms with van der Waals surface area (Å²) >= 11 is 0. The number of rotatable bonds is 5. The number of carbonyl (C=O) groups excluding carboxylic acids is 1. The predicted molar refractivity (Wildman–Crippen MR) is 103 cm³/mol. The fourth-order valence-corrected chi connectivity index (χ4v) is 2.71. The molecule has 0 aromatic heterocycles. The van der Waals surface area contributed by atoms with E-state index in [1.807, 2.05) is 12.1 Å². The van der Waals surface area contributed by atoms with E-state index in [2.05, 4.69) is 4.99 Å². The lowest BCUT2D eigenvalue weighted by molar-refractivity contribution is 0.0963. The van der Waals surface area contributed by atoms with Crippen LogP contribution in [0, 0.1) is 5.82 Å². The number of nitrogens with two attached hydrogens (primary N) is 2. The van der Waals surface area contributed by atoms with Crippen molar-refractivity contribution in [1.29, 1.82) is 0 Å². The van der Waals surface area contributed by atoms with Gasteiger partial charge >= 0.3 is 6.09 Å². The molecule has 0 aliphatic carbocycles. The van der Waals surface area contributed by atoms with Crippen LogP contribution < -0.4 is 16.4 Å². The van der Waals surface area contributed by atoms with Crippen LogP contribution in [0.15, 0.2) is 47.5 Å². The summed E-state index contributed by atoms with van der Waals surface area (Å²) in [6.45, 7) is 0.274. The maximum Gasteiger partial charge on any atom is 0.414 e. The molecule has 5 N–H and O–H groups in total. The quantitative estimate of drug-likeness (QED) is 0.530. The Balaban J connectivity index is 0.00000261. The molecule has 0 unspecified atom stereocenters. The normalized spacial score (nSPS) is 15.9. The topological polar surface area (TPSA) is 114 Å². The minimum Gasteiger partial charge on any atom is -0.441 e. The molecule has 0 bridgehead atoms. The lowest BCUT2D eigenvalue weighted by Crippen LogP contribution is -2.25. The Bertz CT molecular complexity index is 841. The fraction of sp³-hybridized carbons (Fsp3) is 0.222. The molecule has 3 rings (SSSR count). The van der Waals surface area contributed by atoms with Gasteiger partial charge in [0.05, 0.1) is 25.4 Å². The molecule has 0 spiro atoms. The van der Waals surface area contributed by atoms with Crippen molar-refractivity contribution in [2.24, 2.45) is 16.5 Å². The minimum absolute atomic E-state index is 0. The van der Waals surface area contributed by atoms with Gasteiger partial charge in [0.25, 0.3) is 0 Å². The zero-order valence-corrected chi connectivity index (χ0v) is 15.2. The van der Waals surface area contributed by atoms with E-state index in [1.54, 1.807) is 24.3 Å². The van der Waals surface area contributed by atoms with Crippen molar-refractivity contribution in [2.75, 3.05) is 18.1 Å². The van der Waals surface area contributed by atoms with Gasteiger partial charge in [-0.15, -0.1) is 12.4 Å². The molecule has 1 fully saturated rings. The number of halogens is 2. The van der Waals surface area contributed by atoms with Crippen molar-refractivity contribution in [3.05, 3.63) is 53.8 Å². The summed E-state index contributed by atoms with van der Waals surface area (Å²) in [6.07, 6.45) is -1.19. The van der Waals surface area contributed by atoms with Gasteiger partial charge < -0.3 is 21.3 Å². The van der Waals surface area contributed by atoms with Crippen LogP contribution in [0.25, 0.3) is 11.1 Å².